The van der Waals surface area contributed by atoms with Crippen molar-refractivity contribution in [3.05, 3.63) is 18.2 Å². The van der Waals surface area contributed by atoms with Crippen LogP contribution in [0.25, 0.3) is 0 Å². The summed E-state index contributed by atoms with van der Waals surface area (Å²) in [6.07, 6.45) is 1.99. The molecule has 4 rings (SSSR count). The first kappa shape index (κ1) is 19.5. The summed E-state index contributed by atoms with van der Waals surface area (Å²) in [6, 6.07) is 4.73. The van der Waals surface area contributed by atoms with Crippen molar-refractivity contribution in [3.8, 4) is 11.5 Å². The van der Waals surface area contributed by atoms with Gasteiger partial charge < -0.3 is 19.1 Å². The van der Waals surface area contributed by atoms with Gasteiger partial charge in [0.1, 0.15) is 0 Å². The lowest BCUT2D eigenvalue weighted by atomic mass is 9.86. The van der Waals surface area contributed by atoms with Crippen LogP contribution in [0.4, 0.5) is 0 Å². The third-order valence-corrected chi connectivity index (χ3v) is 7.68. The first-order chi connectivity index (χ1) is 13.5. The number of ether oxygens (including phenoxy) is 3. The lowest BCUT2D eigenvalue weighted by Gasteiger charge is -2.23. The molecule has 2 saturated heterocycles. The Morgan fingerprint density at radius 3 is 2.68 bits per heavy atom. The largest absolute Gasteiger partial charge is 0.490 e. The van der Waals surface area contributed by atoms with Crippen molar-refractivity contribution in [1.82, 2.24) is 9.21 Å². The van der Waals surface area contributed by atoms with E-state index >= 15 is 0 Å². The highest BCUT2D eigenvalue weighted by atomic mass is 32.2. The molecule has 3 aliphatic heterocycles. The molecule has 0 bridgehead atoms. The predicted molar refractivity (Wildman–Crippen MR) is 101 cm³/mol. The quantitative estimate of drug-likeness (QED) is 0.723. The van der Waals surface area contributed by atoms with Gasteiger partial charge in [-0.25, -0.2) is 8.42 Å². The highest BCUT2D eigenvalue weighted by molar-refractivity contribution is 7.89. The van der Waals surface area contributed by atoms with Crippen molar-refractivity contribution in [3.63, 3.8) is 0 Å². The summed E-state index contributed by atoms with van der Waals surface area (Å²) < 4.78 is 44.1. The zero-order valence-electron chi connectivity index (χ0n) is 16.1. The Balaban J connectivity index is 1.52. The van der Waals surface area contributed by atoms with E-state index < -0.39 is 15.4 Å². The Kier molecular flexibility index (Phi) is 5.24. The summed E-state index contributed by atoms with van der Waals surface area (Å²) in [7, 11) is -2.10. The van der Waals surface area contributed by atoms with Crippen LogP contribution in [-0.4, -0.2) is 76.6 Å². The van der Waals surface area contributed by atoms with Crippen molar-refractivity contribution in [1.29, 1.82) is 0 Å². The molecule has 3 heterocycles. The molecule has 9 heteroatoms. The molecule has 0 N–H and O–H groups in total. The Morgan fingerprint density at radius 2 is 1.89 bits per heavy atom. The molecule has 1 spiro atoms. The van der Waals surface area contributed by atoms with E-state index in [4.69, 9.17) is 14.2 Å². The molecule has 2 fully saturated rings. The van der Waals surface area contributed by atoms with Gasteiger partial charge in [-0.1, -0.05) is 0 Å². The first-order valence-electron chi connectivity index (χ1n) is 9.64. The van der Waals surface area contributed by atoms with Gasteiger partial charge in [-0.15, -0.1) is 0 Å². The smallest absolute Gasteiger partial charge is 0.243 e. The summed E-state index contributed by atoms with van der Waals surface area (Å²) >= 11 is 0. The summed E-state index contributed by atoms with van der Waals surface area (Å²) in [5, 5.41) is 0. The number of fused-ring (bicyclic) bond motifs is 1. The molecular formula is C19H26N2O6S. The maximum absolute atomic E-state index is 13.2. The van der Waals surface area contributed by atoms with Crippen molar-refractivity contribution in [2.75, 3.05) is 53.1 Å². The second kappa shape index (κ2) is 7.53. The van der Waals surface area contributed by atoms with Gasteiger partial charge in [0.25, 0.3) is 0 Å². The van der Waals surface area contributed by atoms with Crippen LogP contribution in [0.5, 0.6) is 11.5 Å². The molecule has 1 unspecified atom stereocenters. The summed E-state index contributed by atoms with van der Waals surface area (Å²) in [6.45, 7) is 3.31. The van der Waals surface area contributed by atoms with Crippen molar-refractivity contribution < 1.29 is 27.4 Å². The maximum atomic E-state index is 13.2. The molecule has 154 valence electrons. The number of carbonyl (C=O) groups excluding carboxylic acids is 1. The Labute approximate surface area is 165 Å². The molecule has 0 aliphatic carbocycles. The molecule has 3 aliphatic rings. The number of carbonyl (C=O) groups is 1. The topological polar surface area (TPSA) is 85.4 Å². The number of hydrogen-bond donors (Lipinski definition) is 0. The van der Waals surface area contributed by atoms with E-state index in [0.717, 1.165) is 6.42 Å². The molecule has 1 atom stereocenters. The number of rotatable bonds is 5. The third-order valence-electron chi connectivity index (χ3n) is 5.84. The molecule has 28 heavy (non-hydrogen) atoms. The lowest BCUT2D eigenvalue weighted by molar-refractivity contribution is -0.135. The van der Waals surface area contributed by atoms with Gasteiger partial charge in [0.05, 0.1) is 30.1 Å². The van der Waals surface area contributed by atoms with E-state index in [1.54, 1.807) is 24.1 Å². The number of likely N-dealkylation sites (tertiary alicyclic amines) is 1. The van der Waals surface area contributed by atoms with Crippen LogP contribution >= 0.6 is 0 Å². The number of amides is 1. The average Bonchev–Trinajstić information content (AvgIpc) is 3.17. The highest BCUT2D eigenvalue weighted by Crippen LogP contribution is 2.43. The Hall–Kier alpha value is -1.84. The molecule has 0 radical (unpaired) electrons. The fourth-order valence-electron chi connectivity index (χ4n) is 4.18. The van der Waals surface area contributed by atoms with E-state index in [1.165, 1.54) is 10.4 Å². The van der Waals surface area contributed by atoms with Crippen molar-refractivity contribution in [2.45, 2.75) is 24.2 Å². The van der Waals surface area contributed by atoms with Crippen molar-refractivity contribution >= 4 is 15.9 Å². The zero-order valence-corrected chi connectivity index (χ0v) is 16.9. The van der Waals surface area contributed by atoms with Gasteiger partial charge >= 0.3 is 0 Å². The van der Waals surface area contributed by atoms with E-state index in [2.05, 4.69) is 0 Å². The normalized spacial score (nSPS) is 25.5. The predicted octanol–water partition coefficient (Wildman–Crippen LogP) is 1.11. The summed E-state index contributed by atoms with van der Waals surface area (Å²) in [5.74, 6) is 1.06. The summed E-state index contributed by atoms with van der Waals surface area (Å²) in [5.41, 5.74) is -0.605. The fraction of sp³-hybridized carbons (Fsp3) is 0.632. The Bertz CT molecular complexity index is 858. The monoisotopic (exact) mass is 410 g/mol. The minimum absolute atomic E-state index is 0.0425. The minimum Gasteiger partial charge on any atom is -0.490 e. The Morgan fingerprint density at radius 1 is 1.14 bits per heavy atom. The van der Waals surface area contributed by atoms with Gasteiger partial charge in [0.15, 0.2) is 11.5 Å². The zero-order chi connectivity index (χ0) is 19.8. The van der Waals surface area contributed by atoms with E-state index in [1.807, 2.05) is 0 Å². The van der Waals surface area contributed by atoms with Crippen LogP contribution in [-0.2, 0) is 19.6 Å². The van der Waals surface area contributed by atoms with Gasteiger partial charge in [0, 0.05) is 45.8 Å². The van der Waals surface area contributed by atoms with Gasteiger partial charge in [0.2, 0.25) is 15.9 Å². The third kappa shape index (κ3) is 3.35. The van der Waals surface area contributed by atoms with Gasteiger partial charge in [-0.3, -0.25) is 4.79 Å². The highest BCUT2D eigenvalue weighted by Gasteiger charge is 2.52. The van der Waals surface area contributed by atoms with Crippen LogP contribution < -0.4 is 9.47 Å². The molecule has 1 aromatic rings. The lowest BCUT2D eigenvalue weighted by Crippen LogP contribution is -2.39. The summed E-state index contributed by atoms with van der Waals surface area (Å²) in [4.78, 5) is 14.8. The number of methoxy groups -OCH3 is 1. The maximum Gasteiger partial charge on any atom is 0.243 e. The van der Waals surface area contributed by atoms with Crippen LogP contribution in [0.3, 0.4) is 0 Å². The van der Waals surface area contributed by atoms with Crippen LogP contribution in [0, 0.1) is 5.41 Å². The number of nitrogens with zero attached hydrogens (tertiary/aromatic N) is 2. The standard InChI is InChI=1S/C19H26N2O6S/c1-25-12-9-20-7-5-19(18(20)22)6-8-21(14-19)28(23,24)15-3-4-16-17(13-15)27-11-2-10-26-16/h3-4,13H,2,5-12,14H2,1H3. The van der Waals surface area contributed by atoms with Gasteiger partial charge in [-0.2, -0.15) is 4.31 Å². The van der Waals surface area contributed by atoms with Crippen LogP contribution in [0.1, 0.15) is 19.3 Å². The van der Waals surface area contributed by atoms with Crippen molar-refractivity contribution in [2.24, 2.45) is 5.41 Å². The van der Waals surface area contributed by atoms with E-state index in [-0.39, 0.29) is 17.3 Å². The SMILES string of the molecule is COCCN1CCC2(CCN(S(=O)(=O)c3ccc4c(c3)OCCCO4)C2)C1=O. The first-order valence-corrected chi connectivity index (χ1v) is 11.1. The molecule has 1 amide bonds. The van der Waals surface area contributed by atoms with E-state index in [0.29, 0.717) is 63.8 Å². The number of benzene rings is 1. The van der Waals surface area contributed by atoms with E-state index in [9.17, 15) is 13.2 Å². The number of sulfonamides is 1. The van der Waals surface area contributed by atoms with Gasteiger partial charge in [-0.05, 0) is 25.0 Å². The molecule has 0 aromatic heterocycles. The molecule has 1 aromatic carbocycles. The second-order valence-corrected chi connectivity index (χ2v) is 9.50. The average molecular weight is 410 g/mol. The number of hydrogen-bond acceptors (Lipinski definition) is 6. The minimum atomic E-state index is -3.70. The second-order valence-electron chi connectivity index (χ2n) is 7.56. The van der Waals surface area contributed by atoms with Crippen LogP contribution in [0.15, 0.2) is 23.1 Å². The molecular weight excluding hydrogens is 384 g/mol. The fourth-order valence-corrected chi connectivity index (χ4v) is 5.72. The molecule has 0 saturated carbocycles. The molecule has 8 nitrogen and oxygen atoms in total. The van der Waals surface area contributed by atoms with Crippen LogP contribution in [0.2, 0.25) is 0 Å².